The summed E-state index contributed by atoms with van der Waals surface area (Å²) in [5.41, 5.74) is 4.77. The molecule has 0 aliphatic carbocycles. The standard InChI is InChI=1S/C25H24N6O2/c1-17-22-18(2)33-28-24(22)25(32)31(26-17)16-29(3)14-20-15-30(21-12-8-5-9-13-21)27-23(20)19-10-6-4-7-11-19/h4-13,15H,14,16H2,1-3H3. The Morgan fingerprint density at radius 1 is 0.970 bits per heavy atom. The number of nitrogens with zero attached hydrogens (tertiary/aromatic N) is 6. The molecular weight excluding hydrogens is 416 g/mol. The van der Waals surface area contributed by atoms with E-state index < -0.39 is 0 Å². The molecule has 8 heteroatoms. The quantitative estimate of drug-likeness (QED) is 0.398. The minimum atomic E-state index is -0.262. The van der Waals surface area contributed by atoms with Gasteiger partial charge >= 0.3 is 0 Å². The van der Waals surface area contributed by atoms with Crippen molar-refractivity contribution in [1.82, 2.24) is 29.6 Å². The fourth-order valence-corrected chi connectivity index (χ4v) is 4.09. The van der Waals surface area contributed by atoms with E-state index in [1.807, 2.05) is 78.3 Å². The summed E-state index contributed by atoms with van der Waals surface area (Å²) in [7, 11) is 1.95. The van der Waals surface area contributed by atoms with Crippen molar-refractivity contribution < 1.29 is 4.52 Å². The van der Waals surface area contributed by atoms with Gasteiger partial charge in [-0.2, -0.15) is 10.2 Å². The van der Waals surface area contributed by atoms with Crippen LogP contribution in [-0.4, -0.2) is 36.7 Å². The number of fused-ring (bicyclic) bond motifs is 1. The molecule has 3 aromatic heterocycles. The van der Waals surface area contributed by atoms with Crippen LogP contribution in [-0.2, 0) is 13.2 Å². The van der Waals surface area contributed by atoms with Gasteiger partial charge in [-0.15, -0.1) is 0 Å². The van der Waals surface area contributed by atoms with Crippen LogP contribution in [0, 0.1) is 13.8 Å². The second kappa shape index (κ2) is 8.48. The molecule has 5 rings (SSSR count). The number of rotatable bonds is 6. The van der Waals surface area contributed by atoms with Crippen molar-refractivity contribution in [3.63, 3.8) is 0 Å². The molecule has 0 radical (unpaired) electrons. The number of hydrogen-bond donors (Lipinski definition) is 0. The molecule has 166 valence electrons. The number of benzene rings is 2. The van der Waals surface area contributed by atoms with Crippen LogP contribution < -0.4 is 5.56 Å². The van der Waals surface area contributed by atoms with Crippen LogP contribution in [0.25, 0.3) is 27.8 Å². The Kier molecular flexibility index (Phi) is 5.35. The molecule has 8 nitrogen and oxygen atoms in total. The Labute approximate surface area is 190 Å². The van der Waals surface area contributed by atoms with Crippen LogP contribution in [0.15, 0.2) is 76.2 Å². The fraction of sp³-hybridized carbons (Fsp3) is 0.200. The van der Waals surface area contributed by atoms with Crippen LogP contribution in [0.5, 0.6) is 0 Å². The van der Waals surface area contributed by atoms with Gasteiger partial charge in [0.05, 0.1) is 29.1 Å². The predicted octanol–water partition coefficient (Wildman–Crippen LogP) is 3.94. The van der Waals surface area contributed by atoms with Crippen LogP contribution >= 0.6 is 0 Å². The Morgan fingerprint density at radius 2 is 1.67 bits per heavy atom. The van der Waals surface area contributed by atoms with Gasteiger partial charge in [0.25, 0.3) is 5.56 Å². The third-order valence-corrected chi connectivity index (χ3v) is 5.61. The van der Waals surface area contributed by atoms with Crippen molar-refractivity contribution in [3.05, 3.63) is 94.2 Å². The van der Waals surface area contributed by atoms with E-state index in [0.717, 1.165) is 28.2 Å². The van der Waals surface area contributed by atoms with E-state index in [2.05, 4.69) is 22.4 Å². The van der Waals surface area contributed by atoms with Crippen molar-refractivity contribution in [2.24, 2.45) is 0 Å². The average Bonchev–Trinajstić information content (AvgIpc) is 3.42. The summed E-state index contributed by atoms with van der Waals surface area (Å²) >= 11 is 0. The van der Waals surface area contributed by atoms with Gasteiger partial charge < -0.3 is 4.52 Å². The zero-order valence-electron chi connectivity index (χ0n) is 18.8. The highest BCUT2D eigenvalue weighted by atomic mass is 16.5. The summed E-state index contributed by atoms with van der Waals surface area (Å²) in [6.45, 7) is 4.54. The van der Waals surface area contributed by atoms with Crippen LogP contribution in [0.4, 0.5) is 0 Å². The third kappa shape index (κ3) is 3.96. The smallest absolute Gasteiger partial charge is 0.298 e. The maximum absolute atomic E-state index is 12.9. The summed E-state index contributed by atoms with van der Waals surface area (Å²) in [6, 6.07) is 20.1. The van der Waals surface area contributed by atoms with Crippen LogP contribution in [0.3, 0.4) is 0 Å². The van der Waals surface area contributed by atoms with Gasteiger partial charge in [0.1, 0.15) is 5.76 Å². The summed E-state index contributed by atoms with van der Waals surface area (Å²) in [5.74, 6) is 0.605. The Bertz CT molecular complexity index is 1470. The zero-order chi connectivity index (χ0) is 22.9. The van der Waals surface area contributed by atoms with E-state index in [1.54, 1.807) is 6.92 Å². The Morgan fingerprint density at radius 3 is 2.39 bits per heavy atom. The number of aromatic nitrogens is 5. The highest BCUT2D eigenvalue weighted by Gasteiger charge is 2.18. The molecule has 0 unspecified atom stereocenters. The molecule has 33 heavy (non-hydrogen) atoms. The average molecular weight is 441 g/mol. The van der Waals surface area contributed by atoms with E-state index in [9.17, 15) is 4.79 Å². The van der Waals surface area contributed by atoms with Gasteiger partial charge in [0.15, 0.2) is 5.52 Å². The summed E-state index contributed by atoms with van der Waals surface area (Å²) in [6.07, 6.45) is 2.04. The van der Waals surface area contributed by atoms with Crippen molar-refractivity contribution in [2.45, 2.75) is 27.1 Å². The van der Waals surface area contributed by atoms with Crippen molar-refractivity contribution in [2.75, 3.05) is 7.05 Å². The van der Waals surface area contributed by atoms with E-state index in [4.69, 9.17) is 9.62 Å². The molecule has 0 bridgehead atoms. The lowest BCUT2D eigenvalue weighted by atomic mass is 10.1. The highest BCUT2D eigenvalue weighted by molar-refractivity contribution is 5.81. The lowest BCUT2D eigenvalue weighted by molar-refractivity contribution is 0.240. The number of hydrogen-bond acceptors (Lipinski definition) is 6. The van der Waals surface area contributed by atoms with E-state index >= 15 is 0 Å². The summed E-state index contributed by atoms with van der Waals surface area (Å²) in [4.78, 5) is 14.9. The fourth-order valence-electron chi connectivity index (χ4n) is 4.09. The van der Waals surface area contributed by atoms with E-state index in [-0.39, 0.29) is 5.56 Å². The Balaban J connectivity index is 1.47. The monoisotopic (exact) mass is 440 g/mol. The van der Waals surface area contributed by atoms with Crippen LogP contribution in [0.2, 0.25) is 0 Å². The number of aryl methyl sites for hydroxylation is 2. The van der Waals surface area contributed by atoms with Crippen molar-refractivity contribution in [3.8, 4) is 16.9 Å². The first kappa shape index (κ1) is 20.8. The minimum absolute atomic E-state index is 0.262. The maximum Gasteiger partial charge on any atom is 0.298 e. The second-order valence-electron chi connectivity index (χ2n) is 8.16. The number of para-hydroxylation sites is 1. The first-order valence-corrected chi connectivity index (χ1v) is 10.7. The van der Waals surface area contributed by atoms with Gasteiger partial charge in [-0.25, -0.2) is 9.36 Å². The summed E-state index contributed by atoms with van der Waals surface area (Å²) in [5, 5.41) is 14.0. The van der Waals surface area contributed by atoms with E-state index in [0.29, 0.717) is 29.9 Å². The first-order valence-electron chi connectivity index (χ1n) is 10.7. The topological polar surface area (TPSA) is 82.0 Å². The molecule has 0 spiro atoms. The third-order valence-electron chi connectivity index (χ3n) is 5.61. The van der Waals surface area contributed by atoms with Crippen molar-refractivity contribution in [1.29, 1.82) is 0 Å². The van der Waals surface area contributed by atoms with Gasteiger partial charge in [0, 0.05) is 23.9 Å². The molecule has 0 aliphatic heterocycles. The minimum Gasteiger partial charge on any atom is -0.360 e. The van der Waals surface area contributed by atoms with Crippen LogP contribution in [0.1, 0.15) is 17.0 Å². The SMILES string of the molecule is Cc1nn(CN(C)Cc2cn(-c3ccccc3)nc2-c2ccccc2)c(=O)c2noc(C)c12. The highest BCUT2D eigenvalue weighted by Crippen LogP contribution is 2.25. The molecular formula is C25H24N6O2. The molecule has 2 aromatic carbocycles. The van der Waals surface area contributed by atoms with Gasteiger partial charge in [-0.05, 0) is 33.0 Å². The zero-order valence-corrected chi connectivity index (χ0v) is 18.8. The molecule has 0 fully saturated rings. The first-order chi connectivity index (χ1) is 16.0. The normalized spacial score (nSPS) is 11.5. The van der Waals surface area contributed by atoms with Crippen molar-refractivity contribution >= 4 is 10.9 Å². The van der Waals surface area contributed by atoms with Gasteiger partial charge in [0.2, 0.25) is 0 Å². The molecule has 5 aromatic rings. The van der Waals surface area contributed by atoms with Gasteiger partial charge in [-0.1, -0.05) is 53.7 Å². The molecule has 0 aliphatic rings. The van der Waals surface area contributed by atoms with E-state index in [1.165, 1.54) is 4.68 Å². The molecule has 0 atom stereocenters. The largest absolute Gasteiger partial charge is 0.360 e. The molecule has 0 saturated heterocycles. The molecule has 0 amide bonds. The Hall–Kier alpha value is -4.04. The van der Waals surface area contributed by atoms with Gasteiger partial charge in [-0.3, -0.25) is 9.69 Å². The molecule has 0 N–H and O–H groups in total. The summed E-state index contributed by atoms with van der Waals surface area (Å²) < 4.78 is 8.54. The lowest BCUT2D eigenvalue weighted by Gasteiger charge is -2.17. The second-order valence-corrected chi connectivity index (χ2v) is 8.16. The molecule has 0 saturated carbocycles. The lowest BCUT2D eigenvalue weighted by Crippen LogP contribution is -2.32. The maximum atomic E-state index is 12.9. The predicted molar refractivity (Wildman–Crippen MR) is 126 cm³/mol. The molecule has 3 heterocycles.